The normalized spacial score (nSPS) is 15.6. The number of benzene rings is 2. The molecule has 5 heteroatoms. The standard InChI is InChI=1S/C21H22FNO3/c1-4-25-19-11-16-9-14(3)26-20(16)10-15(19)6-8-21(24)23-18-12-17(22)7-5-13(18)2/h5-8,10-12,14H,4,9H2,1-3H3,(H,23,24)/b8-6+/t14-/m1/s1. The van der Waals surface area contributed by atoms with Crippen molar-refractivity contribution in [2.24, 2.45) is 0 Å². The van der Waals surface area contributed by atoms with Crippen LogP contribution in [0.3, 0.4) is 0 Å². The van der Waals surface area contributed by atoms with E-state index in [-0.39, 0.29) is 12.0 Å². The predicted molar refractivity (Wildman–Crippen MR) is 100 cm³/mol. The first-order valence-corrected chi connectivity index (χ1v) is 8.68. The predicted octanol–water partition coefficient (Wildman–Crippen LogP) is 4.51. The minimum absolute atomic E-state index is 0.137. The molecule has 1 amide bonds. The van der Waals surface area contributed by atoms with E-state index in [2.05, 4.69) is 5.32 Å². The molecule has 2 aromatic carbocycles. The highest BCUT2D eigenvalue weighted by Crippen LogP contribution is 2.35. The average molecular weight is 355 g/mol. The number of carbonyl (C=O) groups excluding carboxylic acids is 1. The topological polar surface area (TPSA) is 47.6 Å². The molecular formula is C21H22FNO3. The second-order valence-electron chi connectivity index (χ2n) is 6.35. The fraction of sp³-hybridized carbons (Fsp3) is 0.286. The lowest BCUT2D eigenvalue weighted by Gasteiger charge is -2.10. The quantitative estimate of drug-likeness (QED) is 0.803. The van der Waals surface area contributed by atoms with Crippen molar-refractivity contribution in [3.8, 4) is 11.5 Å². The minimum atomic E-state index is -0.390. The molecule has 0 fully saturated rings. The molecule has 1 heterocycles. The molecule has 0 spiro atoms. The minimum Gasteiger partial charge on any atom is -0.493 e. The van der Waals surface area contributed by atoms with Gasteiger partial charge in [-0.05, 0) is 56.7 Å². The lowest BCUT2D eigenvalue weighted by atomic mass is 10.1. The lowest BCUT2D eigenvalue weighted by molar-refractivity contribution is -0.111. The summed E-state index contributed by atoms with van der Waals surface area (Å²) in [5.41, 5.74) is 3.13. The Kier molecular flexibility index (Phi) is 5.26. The Labute approximate surface area is 152 Å². The summed E-state index contributed by atoms with van der Waals surface area (Å²) in [5, 5.41) is 2.69. The van der Waals surface area contributed by atoms with Gasteiger partial charge in [-0.2, -0.15) is 0 Å². The van der Waals surface area contributed by atoms with Crippen molar-refractivity contribution in [3.05, 3.63) is 58.9 Å². The summed E-state index contributed by atoms with van der Waals surface area (Å²) in [5.74, 6) is 0.811. The van der Waals surface area contributed by atoms with Crippen molar-refractivity contribution in [1.82, 2.24) is 0 Å². The molecule has 0 bridgehead atoms. The first kappa shape index (κ1) is 18.0. The SMILES string of the molecule is CCOc1cc2c(cc1/C=C/C(=O)Nc1cc(F)ccc1C)O[C@H](C)C2. The zero-order valence-electron chi connectivity index (χ0n) is 15.1. The molecule has 0 aromatic heterocycles. The molecule has 1 aliphatic heterocycles. The zero-order chi connectivity index (χ0) is 18.7. The molecule has 136 valence electrons. The number of amides is 1. The van der Waals surface area contributed by atoms with Gasteiger partial charge >= 0.3 is 0 Å². The van der Waals surface area contributed by atoms with Gasteiger partial charge in [-0.25, -0.2) is 4.39 Å². The third-order valence-electron chi connectivity index (χ3n) is 4.20. The number of aryl methyl sites for hydroxylation is 1. The maximum Gasteiger partial charge on any atom is 0.248 e. The Balaban J connectivity index is 1.80. The molecule has 0 radical (unpaired) electrons. The summed E-state index contributed by atoms with van der Waals surface area (Å²) in [4.78, 5) is 12.2. The monoisotopic (exact) mass is 355 g/mol. The van der Waals surface area contributed by atoms with Crippen molar-refractivity contribution in [2.45, 2.75) is 33.3 Å². The Hall–Kier alpha value is -2.82. The van der Waals surface area contributed by atoms with E-state index in [1.807, 2.05) is 32.9 Å². The fourth-order valence-electron chi connectivity index (χ4n) is 2.93. The van der Waals surface area contributed by atoms with Crippen LogP contribution in [0.4, 0.5) is 10.1 Å². The number of hydrogen-bond acceptors (Lipinski definition) is 3. The Bertz CT molecular complexity index is 861. The van der Waals surface area contributed by atoms with Crippen LogP contribution in [0.1, 0.15) is 30.5 Å². The molecule has 0 saturated carbocycles. The molecule has 0 unspecified atom stereocenters. The van der Waals surface area contributed by atoms with Crippen LogP contribution in [0.2, 0.25) is 0 Å². The number of anilines is 1. The van der Waals surface area contributed by atoms with Crippen molar-refractivity contribution in [1.29, 1.82) is 0 Å². The van der Waals surface area contributed by atoms with Gasteiger partial charge in [0.2, 0.25) is 5.91 Å². The Morgan fingerprint density at radius 2 is 2.19 bits per heavy atom. The van der Waals surface area contributed by atoms with Crippen LogP contribution in [0.5, 0.6) is 11.5 Å². The van der Waals surface area contributed by atoms with Gasteiger partial charge in [-0.3, -0.25) is 4.79 Å². The summed E-state index contributed by atoms with van der Waals surface area (Å²) >= 11 is 0. The van der Waals surface area contributed by atoms with E-state index in [4.69, 9.17) is 9.47 Å². The molecule has 4 nitrogen and oxygen atoms in total. The van der Waals surface area contributed by atoms with Gasteiger partial charge in [0.15, 0.2) is 0 Å². The van der Waals surface area contributed by atoms with Gasteiger partial charge in [0.1, 0.15) is 23.4 Å². The highest BCUT2D eigenvalue weighted by Gasteiger charge is 2.21. The van der Waals surface area contributed by atoms with E-state index in [9.17, 15) is 9.18 Å². The summed E-state index contributed by atoms with van der Waals surface area (Å²) in [6, 6.07) is 8.15. The number of rotatable bonds is 5. The highest BCUT2D eigenvalue weighted by molar-refractivity contribution is 6.02. The zero-order valence-corrected chi connectivity index (χ0v) is 15.1. The van der Waals surface area contributed by atoms with Crippen molar-refractivity contribution >= 4 is 17.7 Å². The van der Waals surface area contributed by atoms with Crippen molar-refractivity contribution in [3.63, 3.8) is 0 Å². The summed E-state index contributed by atoms with van der Waals surface area (Å²) in [7, 11) is 0. The Morgan fingerprint density at radius 3 is 2.96 bits per heavy atom. The second-order valence-corrected chi connectivity index (χ2v) is 6.35. The number of nitrogens with one attached hydrogen (secondary N) is 1. The molecule has 0 aliphatic carbocycles. The average Bonchev–Trinajstić information content (AvgIpc) is 2.95. The number of hydrogen-bond donors (Lipinski definition) is 1. The molecule has 0 saturated heterocycles. The third kappa shape index (κ3) is 4.04. The molecule has 26 heavy (non-hydrogen) atoms. The number of carbonyl (C=O) groups is 1. The van der Waals surface area contributed by atoms with E-state index < -0.39 is 5.82 Å². The highest BCUT2D eigenvalue weighted by atomic mass is 19.1. The van der Waals surface area contributed by atoms with Gasteiger partial charge < -0.3 is 14.8 Å². The van der Waals surface area contributed by atoms with E-state index in [1.54, 1.807) is 12.1 Å². The van der Waals surface area contributed by atoms with Crippen molar-refractivity contribution in [2.75, 3.05) is 11.9 Å². The molecule has 1 N–H and O–H groups in total. The van der Waals surface area contributed by atoms with Crippen molar-refractivity contribution < 1.29 is 18.7 Å². The van der Waals surface area contributed by atoms with Gasteiger partial charge in [-0.1, -0.05) is 6.07 Å². The van der Waals surface area contributed by atoms with Crippen LogP contribution in [0.15, 0.2) is 36.4 Å². The third-order valence-corrected chi connectivity index (χ3v) is 4.20. The summed E-state index contributed by atoms with van der Waals surface area (Å²) < 4.78 is 24.8. The van der Waals surface area contributed by atoms with Crippen LogP contribution in [-0.4, -0.2) is 18.6 Å². The molecule has 1 atom stereocenters. The smallest absolute Gasteiger partial charge is 0.248 e. The van der Waals surface area contributed by atoms with Crippen LogP contribution in [-0.2, 0) is 11.2 Å². The van der Waals surface area contributed by atoms with E-state index in [0.717, 1.165) is 34.6 Å². The summed E-state index contributed by atoms with van der Waals surface area (Å²) in [6.45, 7) is 6.28. The van der Waals surface area contributed by atoms with Crippen LogP contribution in [0.25, 0.3) is 6.08 Å². The number of halogens is 1. The molecule has 2 aromatic rings. The van der Waals surface area contributed by atoms with Gasteiger partial charge in [0, 0.05) is 29.3 Å². The molecule has 1 aliphatic rings. The number of ether oxygens (including phenoxy) is 2. The van der Waals surface area contributed by atoms with E-state index in [1.165, 1.54) is 18.2 Å². The van der Waals surface area contributed by atoms with Crippen LogP contribution in [0, 0.1) is 12.7 Å². The van der Waals surface area contributed by atoms with E-state index >= 15 is 0 Å². The lowest BCUT2D eigenvalue weighted by Crippen LogP contribution is -2.09. The maximum absolute atomic E-state index is 13.3. The number of fused-ring (bicyclic) bond motifs is 1. The first-order valence-electron chi connectivity index (χ1n) is 8.68. The largest absolute Gasteiger partial charge is 0.493 e. The first-order chi connectivity index (χ1) is 12.5. The van der Waals surface area contributed by atoms with Crippen LogP contribution >= 0.6 is 0 Å². The molecular weight excluding hydrogens is 333 g/mol. The van der Waals surface area contributed by atoms with Gasteiger partial charge in [-0.15, -0.1) is 0 Å². The van der Waals surface area contributed by atoms with Gasteiger partial charge in [0.25, 0.3) is 0 Å². The van der Waals surface area contributed by atoms with E-state index in [0.29, 0.717) is 12.3 Å². The fourth-order valence-corrected chi connectivity index (χ4v) is 2.93. The summed E-state index contributed by atoms with van der Waals surface area (Å²) in [6.07, 6.45) is 4.07. The van der Waals surface area contributed by atoms with Crippen LogP contribution < -0.4 is 14.8 Å². The maximum atomic E-state index is 13.3. The Morgan fingerprint density at radius 1 is 1.38 bits per heavy atom. The molecule has 3 rings (SSSR count). The second kappa shape index (κ2) is 7.60. The van der Waals surface area contributed by atoms with Gasteiger partial charge in [0.05, 0.1) is 6.61 Å².